The molecule has 0 amide bonds. The second-order valence-electron chi connectivity index (χ2n) is 12.4. The molecule has 1 aliphatic rings. The van der Waals surface area contributed by atoms with Gasteiger partial charge in [-0.05, 0) is 70.2 Å². The number of benzene rings is 1. The maximum atomic E-state index is 15.3. The standard InChI is InChI=1S/C32H38ClF2N3O5/c1-19-26(28(30(39)40)43-31(2,3)4)27(38-11-9-32(5,6)10-12-38)22(18-36-19)20-15-24(35)29(37-17-20)42-14-13-41-25-8-7-21(33)16-23(25)34/h7-8,15-18,28H,9-14H2,1-6H3,(H,39,40)/t28-/m0/s1. The van der Waals surface area contributed by atoms with Crippen molar-refractivity contribution in [2.24, 2.45) is 5.41 Å². The Bertz CT molecular complexity index is 1470. The number of aryl methyl sites for hydroxylation is 1. The zero-order chi connectivity index (χ0) is 31.5. The molecule has 0 aliphatic carbocycles. The molecular weight excluding hydrogens is 580 g/mol. The topological polar surface area (TPSA) is 94.0 Å². The predicted molar refractivity (Wildman–Crippen MR) is 161 cm³/mol. The Balaban J connectivity index is 1.65. The summed E-state index contributed by atoms with van der Waals surface area (Å²) in [4.78, 5) is 23.4. The lowest BCUT2D eigenvalue weighted by atomic mass is 9.82. The van der Waals surface area contributed by atoms with Crippen LogP contribution in [-0.2, 0) is 9.53 Å². The first-order valence-corrected chi connectivity index (χ1v) is 14.5. The van der Waals surface area contributed by atoms with Crippen molar-refractivity contribution in [2.75, 3.05) is 31.2 Å². The number of ether oxygens (including phenoxy) is 3. The molecule has 4 rings (SSSR count). The van der Waals surface area contributed by atoms with Crippen LogP contribution in [0.4, 0.5) is 14.5 Å². The van der Waals surface area contributed by atoms with Gasteiger partial charge in [0.25, 0.3) is 5.88 Å². The number of rotatable bonds is 10. The van der Waals surface area contributed by atoms with Crippen LogP contribution >= 0.6 is 11.6 Å². The van der Waals surface area contributed by atoms with Gasteiger partial charge in [-0.1, -0.05) is 25.4 Å². The maximum Gasteiger partial charge on any atom is 0.337 e. The first-order chi connectivity index (χ1) is 20.1. The van der Waals surface area contributed by atoms with Crippen molar-refractivity contribution in [3.8, 4) is 22.8 Å². The summed E-state index contributed by atoms with van der Waals surface area (Å²) in [5, 5.41) is 10.5. The molecule has 1 saturated heterocycles. The van der Waals surface area contributed by atoms with Gasteiger partial charge in [0, 0.05) is 52.9 Å². The monoisotopic (exact) mass is 617 g/mol. The van der Waals surface area contributed by atoms with E-state index in [1.54, 1.807) is 33.9 Å². The van der Waals surface area contributed by atoms with Gasteiger partial charge in [-0.2, -0.15) is 0 Å². The molecule has 1 atom stereocenters. The molecule has 3 heterocycles. The van der Waals surface area contributed by atoms with Crippen LogP contribution in [0, 0.1) is 24.0 Å². The van der Waals surface area contributed by atoms with Crippen LogP contribution in [0.15, 0.2) is 36.7 Å². The largest absolute Gasteiger partial charge is 0.487 e. The second-order valence-corrected chi connectivity index (χ2v) is 12.8. The van der Waals surface area contributed by atoms with Crippen LogP contribution in [0.5, 0.6) is 11.6 Å². The molecule has 2 aromatic heterocycles. The highest BCUT2D eigenvalue weighted by atomic mass is 35.5. The molecule has 1 aliphatic heterocycles. The highest BCUT2D eigenvalue weighted by Crippen LogP contribution is 2.43. The number of hydrogen-bond acceptors (Lipinski definition) is 7. The van der Waals surface area contributed by atoms with Gasteiger partial charge in [0.1, 0.15) is 13.2 Å². The molecule has 3 aromatic rings. The van der Waals surface area contributed by atoms with Crippen molar-refractivity contribution in [3.63, 3.8) is 0 Å². The van der Waals surface area contributed by atoms with Crippen molar-refractivity contribution in [2.45, 2.75) is 66.1 Å². The van der Waals surface area contributed by atoms with Crippen molar-refractivity contribution in [3.05, 3.63) is 64.6 Å². The van der Waals surface area contributed by atoms with Crippen LogP contribution in [0.2, 0.25) is 5.02 Å². The van der Waals surface area contributed by atoms with E-state index in [1.165, 1.54) is 24.4 Å². The first kappa shape index (κ1) is 32.4. The Labute approximate surface area is 256 Å². The molecule has 0 unspecified atom stereocenters. The average molecular weight is 618 g/mol. The van der Waals surface area contributed by atoms with Gasteiger partial charge in [0.15, 0.2) is 23.5 Å². The quantitative estimate of drug-likeness (QED) is 0.235. The third-order valence-electron chi connectivity index (χ3n) is 7.27. The minimum Gasteiger partial charge on any atom is -0.487 e. The summed E-state index contributed by atoms with van der Waals surface area (Å²) in [5.74, 6) is -2.71. The summed E-state index contributed by atoms with van der Waals surface area (Å²) >= 11 is 5.76. The van der Waals surface area contributed by atoms with Crippen LogP contribution in [0.1, 0.15) is 64.8 Å². The summed E-state index contributed by atoms with van der Waals surface area (Å²) in [6.07, 6.45) is 3.59. The lowest BCUT2D eigenvalue weighted by Crippen LogP contribution is -2.39. The summed E-state index contributed by atoms with van der Waals surface area (Å²) < 4.78 is 46.1. The molecule has 8 nitrogen and oxygen atoms in total. The molecule has 1 fully saturated rings. The number of halogens is 3. The fourth-order valence-electron chi connectivity index (χ4n) is 4.96. The van der Waals surface area contributed by atoms with Gasteiger partial charge < -0.3 is 24.2 Å². The summed E-state index contributed by atoms with van der Waals surface area (Å²) in [5.41, 5.74) is 1.96. The first-order valence-electron chi connectivity index (χ1n) is 14.2. The molecule has 0 saturated carbocycles. The Morgan fingerprint density at radius 2 is 1.74 bits per heavy atom. The normalized spacial score (nSPS) is 15.7. The van der Waals surface area contributed by atoms with Gasteiger partial charge in [-0.3, -0.25) is 4.98 Å². The Kier molecular flexibility index (Phi) is 9.81. The van der Waals surface area contributed by atoms with Crippen LogP contribution < -0.4 is 14.4 Å². The average Bonchev–Trinajstić information content (AvgIpc) is 2.91. The Morgan fingerprint density at radius 1 is 1.07 bits per heavy atom. The zero-order valence-corrected chi connectivity index (χ0v) is 26.1. The van der Waals surface area contributed by atoms with Gasteiger partial charge in [0.05, 0.1) is 11.3 Å². The molecule has 1 aromatic carbocycles. The number of pyridine rings is 2. The number of aliphatic carboxylic acids is 1. The van der Waals surface area contributed by atoms with Gasteiger partial charge in [0.2, 0.25) is 0 Å². The number of hydrogen-bond donors (Lipinski definition) is 1. The van der Waals surface area contributed by atoms with Crippen molar-refractivity contribution >= 4 is 23.3 Å². The molecule has 0 spiro atoms. The minimum absolute atomic E-state index is 0.00295. The van der Waals surface area contributed by atoms with Crippen molar-refractivity contribution in [1.29, 1.82) is 0 Å². The molecule has 43 heavy (non-hydrogen) atoms. The van der Waals surface area contributed by atoms with Crippen LogP contribution in [0.25, 0.3) is 11.1 Å². The lowest BCUT2D eigenvalue weighted by molar-refractivity contribution is -0.160. The van der Waals surface area contributed by atoms with E-state index in [9.17, 15) is 14.3 Å². The van der Waals surface area contributed by atoms with E-state index in [0.717, 1.165) is 18.9 Å². The Hall–Kier alpha value is -3.50. The SMILES string of the molecule is Cc1ncc(-c2cnc(OCCOc3ccc(Cl)cc3F)c(F)c2)c(N2CCC(C)(C)CC2)c1[C@H](OC(C)(C)C)C(=O)O. The fourth-order valence-corrected chi connectivity index (χ4v) is 5.12. The van der Waals surface area contributed by atoms with Crippen molar-refractivity contribution < 1.29 is 32.9 Å². The summed E-state index contributed by atoms with van der Waals surface area (Å²) in [6, 6.07) is 5.32. The minimum atomic E-state index is -1.29. The number of nitrogens with zero attached hydrogens (tertiary/aromatic N) is 3. The highest BCUT2D eigenvalue weighted by Gasteiger charge is 2.36. The number of carbonyl (C=O) groups is 1. The van der Waals surface area contributed by atoms with E-state index >= 15 is 4.39 Å². The van der Waals surface area contributed by atoms with E-state index in [4.69, 9.17) is 25.8 Å². The van der Waals surface area contributed by atoms with Crippen LogP contribution in [-0.4, -0.2) is 52.9 Å². The van der Waals surface area contributed by atoms with Crippen LogP contribution in [0.3, 0.4) is 0 Å². The van der Waals surface area contributed by atoms with E-state index in [0.29, 0.717) is 41.2 Å². The van der Waals surface area contributed by atoms with E-state index in [2.05, 4.69) is 28.7 Å². The maximum absolute atomic E-state index is 15.3. The lowest BCUT2D eigenvalue weighted by Gasteiger charge is -2.40. The van der Waals surface area contributed by atoms with Gasteiger partial charge in [-0.15, -0.1) is 0 Å². The van der Waals surface area contributed by atoms with E-state index in [-0.39, 0.29) is 35.3 Å². The van der Waals surface area contributed by atoms with Gasteiger partial charge in [-0.25, -0.2) is 18.6 Å². The fraction of sp³-hybridized carbons (Fsp3) is 0.469. The number of anilines is 1. The molecule has 232 valence electrons. The predicted octanol–water partition coefficient (Wildman–Crippen LogP) is 7.41. The second kappa shape index (κ2) is 13.0. The third-order valence-corrected chi connectivity index (χ3v) is 7.51. The molecule has 0 radical (unpaired) electrons. The number of carboxylic acid groups (broad SMARTS) is 1. The van der Waals surface area contributed by atoms with E-state index < -0.39 is 29.3 Å². The summed E-state index contributed by atoms with van der Waals surface area (Å²) in [6.45, 7) is 12.8. The number of carboxylic acids is 1. The number of aromatic nitrogens is 2. The third kappa shape index (κ3) is 8.12. The highest BCUT2D eigenvalue weighted by molar-refractivity contribution is 6.30. The number of piperidine rings is 1. The Morgan fingerprint density at radius 3 is 2.35 bits per heavy atom. The van der Waals surface area contributed by atoms with E-state index in [1.807, 2.05) is 0 Å². The molecule has 11 heteroatoms. The summed E-state index contributed by atoms with van der Waals surface area (Å²) in [7, 11) is 0. The molecule has 1 N–H and O–H groups in total. The smallest absolute Gasteiger partial charge is 0.337 e. The zero-order valence-electron chi connectivity index (χ0n) is 25.3. The van der Waals surface area contributed by atoms with Gasteiger partial charge >= 0.3 is 5.97 Å². The van der Waals surface area contributed by atoms with Crippen molar-refractivity contribution in [1.82, 2.24) is 9.97 Å². The molecular formula is C32H38ClF2N3O5. The molecule has 0 bridgehead atoms.